The van der Waals surface area contributed by atoms with Crippen molar-refractivity contribution in [1.29, 1.82) is 0 Å². The molecule has 312 valence electrons. The lowest BCUT2D eigenvalue weighted by molar-refractivity contribution is -0.203. The van der Waals surface area contributed by atoms with Crippen molar-refractivity contribution in [2.75, 3.05) is 119 Å². The number of amides is 5. The van der Waals surface area contributed by atoms with Crippen LogP contribution in [0.2, 0.25) is 0 Å². The van der Waals surface area contributed by atoms with Crippen LogP contribution < -0.4 is 0 Å². The highest BCUT2D eigenvalue weighted by molar-refractivity contribution is 6.02. The molecule has 0 bridgehead atoms. The Labute approximate surface area is 320 Å². The van der Waals surface area contributed by atoms with Crippen LogP contribution in [-0.4, -0.2) is 176 Å². The summed E-state index contributed by atoms with van der Waals surface area (Å²) in [7, 11) is 1.62. The Morgan fingerprint density at radius 3 is 1.13 bits per heavy atom. The Morgan fingerprint density at radius 2 is 0.800 bits per heavy atom. The van der Waals surface area contributed by atoms with Gasteiger partial charge >= 0.3 is 11.9 Å². The summed E-state index contributed by atoms with van der Waals surface area (Å²) in [6.07, 6.45) is -0.605. The Hall–Kier alpha value is -3.63. The molecule has 3 rings (SSSR count). The molecule has 20 nitrogen and oxygen atoms in total. The molecule has 3 aliphatic rings. The predicted octanol–water partition coefficient (Wildman–Crippen LogP) is -0.257. The Morgan fingerprint density at radius 1 is 0.491 bits per heavy atom. The standard InChI is InChI=1S/C35H55N3O17/c1-46-12-13-48-16-17-50-20-21-52-24-25-53-23-22-51-19-18-49-15-14-47-11-6-28(39)36-9-7-35(8-10-36,26-33(44)54-37-29(40)2-3-30(37)41)27-34(45)55-38-31(42)4-5-32(38)43/h2-27H2,1H3. The first-order valence-corrected chi connectivity index (χ1v) is 18.6. The van der Waals surface area contributed by atoms with Crippen LogP contribution in [0.25, 0.3) is 0 Å². The van der Waals surface area contributed by atoms with E-state index in [2.05, 4.69) is 0 Å². The summed E-state index contributed by atoms with van der Waals surface area (Å²) in [5.41, 5.74) is -1.08. The molecule has 0 aromatic carbocycles. The molecule has 0 N–H and O–H groups in total. The topological polar surface area (TPSA) is 222 Å². The van der Waals surface area contributed by atoms with Crippen molar-refractivity contribution in [3.05, 3.63) is 0 Å². The van der Waals surface area contributed by atoms with E-state index in [1.807, 2.05) is 0 Å². The van der Waals surface area contributed by atoms with Crippen LogP contribution in [0.15, 0.2) is 0 Å². The van der Waals surface area contributed by atoms with Gasteiger partial charge < -0.3 is 52.5 Å². The van der Waals surface area contributed by atoms with Gasteiger partial charge in [0, 0.05) is 45.9 Å². The number of hydrogen-bond donors (Lipinski definition) is 0. The summed E-state index contributed by atoms with van der Waals surface area (Å²) in [5.74, 6) is -4.59. The molecule has 20 heteroatoms. The maximum atomic E-state index is 12.9. The third-order valence-electron chi connectivity index (χ3n) is 8.74. The fourth-order valence-corrected chi connectivity index (χ4v) is 5.72. The van der Waals surface area contributed by atoms with Gasteiger partial charge in [0.15, 0.2) is 0 Å². The minimum Gasteiger partial charge on any atom is -0.382 e. The van der Waals surface area contributed by atoms with Gasteiger partial charge in [-0.15, -0.1) is 10.1 Å². The molecule has 55 heavy (non-hydrogen) atoms. The van der Waals surface area contributed by atoms with E-state index in [0.717, 1.165) is 0 Å². The highest BCUT2D eigenvalue weighted by atomic mass is 16.7. The van der Waals surface area contributed by atoms with E-state index >= 15 is 0 Å². The van der Waals surface area contributed by atoms with E-state index < -0.39 is 41.0 Å². The minimum atomic E-state index is -1.08. The first kappa shape index (κ1) is 45.8. The summed E-state index contributed by atoms with van der Waals surface area (Å²) in [5, 5.41) is 0.850. The summed E-state index contributed by atoms with van der Waals surface area (Å²) in [6.45, 7) is 6.74. The van der Waals surface area contributed by atoms with E-state index in [9.17, 15) is 33.6 Å². The van der Waals surface area contributed by atoms with Gasteiger partial charge in [-0.2, -0.15) is 0 Å². The second-order valence-corrected chi connectivity index (χ2v) is 12.9. The van der Waals surface area contributed by atoms with Gasteiger partial charge in [-0.05, 0) is 18.3 Å². The summed E-state index contributed by atoms with van der Waals surface area (Å²) in [6, 6.07) is 0. The van der Waals surface area contributed by atoms with E-state index in [4.69, 9.17) is 47.6 Å². The van der Waals surface area contributed by atoms with Crippen molar-refractivity contribution >= 4 is 41.5 Å². The molecule has 0 aromatic heterocycles. The maximum absolute atomic E-state index is 12.9. The van der Waals surface area contributed by atoms with Gasteiger partial charge in [0.25, 0.3) is 23.6 Å². The number of piperidine rings is 1. The average molecular weight is 790 g/mol. The third kappa shape index (κ3) is 17.8. The smallest absolute Gasteiger partial charge is 0.333 e. The third-order valence-corrected chi connectivity index (χ3v) is 8.74. The van der Waals surface area contributed by atoms with Crippen LogP contribution in [0.3, 0.4) is 0 Å². The number of rotatable bonds is 30. The molecule has 3 heterocycles. The van der Waals surface area contributed by atoms with Gasteiger partial charge in [0.2, 0.25) is 5.91 Å². The number of hydroxylamine groups is 4. The second kappa shape index (κ2) is 26.3. The van der Waals surface area contributed by atoms with Crippen molar-refractivity contribution in [2.24, 2.45) is 5.41 Å². The fraction of sp³-hybridized carbons (Fsp3) is 0.800. The first-order valence-electron chi connectivity index (χ1n) is 18.6. The van der Waals surface area contributed by atoms with Gasteiger partial charge in [0.05, 0.1) is 118 Å². The Balaban J connectivity index is 1.21. The number of nitrogens with zero attached hydrogens (tertiary/aromatic N) is 3. The number of ether oxygens (including phenoxy) is 8. The molecule has 0 aromatic rings. The molecule has 3 aliphatic heterocycles. The van der Waals surface area contributed by atoms with E-state index in [1.54, 1.807) is 12.0 Å². The van der Waals surface area contributed by atoms with Gasteiger partial charge in [-0.25, -0.2) is 9.59 Å². The van der Waals surface area contributed by atoms with Crippen LogP contribution in [0.5, 0.6) is 0 Å². The lowest BCUT2D eigenvalue weighted by atomic mass is 9.73. The molecular formula is C35H55N3O17. The quantitative estimate of drug-likeness (QED) is 0.0676. The predicted molar refractivity (Wildman–Crippen MR) is 184 cm³/mol. The van der Waals surface area contributed by atoms with E-state index in [-0.39, 0.29) is 90.0 Å². The van der Waals surface area contributed by atoms with E-state index in [0.29, 0.717) is 96.0 Å². The SMILES string of the molecule is COCCOCCOCCOCCOCCOCCOCCOCCC(=O)N1CCC(CC(=O)ON2C(=O)CCC2=O)(CC(=O)ON2C(=O)CCC2=O)CC1. The highest BCUT2D eigenvalue weighted by Crippen LogP contribution is 2.40. The van der Waals surface area contributed by atoms with Crippen molar-refractivity contribution in [2.45, 2.75) is 57.8 Å². The molecule has 3 saturated heterocycles. The molecule has 3 fully saturated rings. The minimum absolute atomic E-state index is 0.0783. The summed E-state index contributed by atoms with van der Waals surface area (Å²) < 4.78 is 42.9. The number of methoxy groups -OCH3 is 1. The molecular weight excluding hydrogens is 734 g/mol. The molecule has 0 aliphatic carbocycles. The summed E-state index contributed by atoms with van der Waals surface area (Å²) >= 11 is 0. The van der Waals surface area contributed by atoms with Crippen molar-refractivity contribution < 1.29 is 81.1 Å². The lowest BCUT2D eigenvalue weighted by Gasteiger charge is -2.41. The van der Waals surface area contributed by atoms with Crippen LogP contribution >= 0.6 is 0 Å². The highest BCUT2D eigenvalue weighted by Gasteiger charge is 2.43. The van der Waals surface area contributed by atoms with Crippen LogP contribution in [0.4, 0.5) is 0 Å². The number of carbonyl (C=O) groups is 7. The molecule has 0 spiro atoms. The maximum Gasteiger partial charge on any atom is 0.333 e. The van der Waals surface area contributed by atoms with Crippen molar-refractivity contribution in [3.8, 4) is 0 Å². The van der Waals surface area contributed by atoms with Crippen LogP contribution in [0, 0.1) is 5.41 Å². The molecule has 0 unspecified atom stereocenters. The molecule has 0 saturated carbocycles. The monoisotopic (exact) mass is 789 g/mol. The average Bonchev–Trinajstić information content (AvgIpc) is 3.65. The zero-order valence-electron chi connectivity index (χ0n) is 31.7. The number of likely N-dealkylation sites (tertiary alicyclic amines) is 1. The number of imide groups is 2. The van der Waals surface area contributed by atoms with Gasteiger partial charge in [-0.3, -0.25) is 24.0 Å². The Bertz CT molecular complexity index is 1160. The normalized spacial score (nSPS) is 17.1. The molecule has 5 amide bonds. The second-order valence-electron chi connectivity index (χ2n) is 12.9. The zero-order valence-corrected chi connectivity index (χ0v) is 31.7. The lowest BCUT2D eigenvalue weighted by Crippen LogP contribution is -2.46. The van der Waals surface area contributed by atoms with Crippen molar-refractivity contribution in [1.82, 2.24) is 15.0 Å². The van der Waals surface area contributed by atoms with Crippen molar-refractivity contribution in [3.63, 3.8) is 0 Å². The van der Waals surface area contributed by atoms with Crippen LogP contribution in [-0.2, 0) is 81.1 Å². The van der Waals surface area contributed by atoms with Gasteiger partial charge in [-0.1, -0.05) is 0 Å². The fourth-order valence-electron chi connectivity index (χ4n) is 5.72. The van der Waals surface area contributed by atoms with E-state index in [1.165, 1.54) is 0 Å². The number of hydrogen-bond acceptors (Lipinski definition) is 17. The largest absolute Gasteiger partial charge is 0.382 e. The number of carbonyl (C=O) groups excluding carboxylic acids is 7. The first-order chi connectivity index (χ1) is 26.6. The molecule has 0 radical (unpaired) electrons. The zero-order chi connectivity index (χ0) is 39.7. The Kier molecular flexibility index (Phi) is 21.9. The summed E-state index contributed by atoms with van der Waals surface area (Å²) in [4.78, 5) is 98.0. The molecule has 0 atom stereocenters. The van der Waals surface area contributed by atoms with Crippen LogP contribution in [0.1, 0.15) is 57.8 Å². The van der Waals surface area contributed by atoms with Gasteiger partial charge in [0.1, 0.15) is 0 Å².